The molecule has 4 aliphatic rings. The SMILES string of the molecule is O=C1C2=C(Cc3ccccc32)C2C3CCC(C3)C12. The summed E-state index contributed by atoms with van der Waals surface area (Å²) in [6.45, 7) is 0. The molecule has 1 aromatic carbocycles. The summed E-state index contributed by atoms with van der Waals surface area (Å²) < 4.78 is 0. The third-order valence-corrected chi connectivity index (χ3v) is 5.86. The van der Waals surface area contributed by atoms with Crippen molar-refractivity contribution in [2.75, 3.05) is 0 Å². The van der Waals surface area contributed by atoms with E-state index in [9.17, 15) is 4.79 Å². The molecule has 5 rings (SSSR count). The molecule has 0 aliphatic heterocycles. The zero-order valence-corrected chi connectivity index (χ0v) is 10.4. The highest BCUT2D eigenvalue weighted by atomic mass is 16.1. The molecule has 0 amide bonds. The number of hydrogen-bond donors (Lipinski definition) is 0. The molecule has 2 fully saturated rings. The van der Waals surface area contributed by atoms with E-state index in [1.807, 2.05) is 0 Å². The first-order valence-corrected chi connectivity index (χ1v) is 7.20. The summed E-state index contributed by atoms with van der Waals surface area (Å²) in [5, 5.41) is 0. The first-order valence-electron chi connectivity index (χ1n) is 7.20. The van der Waals surface area contributed by atoms with Gasteiger partial charge >= 0.3 is 0 Å². The van der Waals surface area contributed by atoms with E-state index >= 15 is 0 Å². The fourth-order valence-electron chi connectivity index (χ4n) is 5.30. The van der Waals surface area contributed by atoms with Crippen molar-refractivity contribution < 1.29 is 4.79 Å². The molecule has 90 valence electrons. The molecule has 0 radical (unpaired) electrons. The number of benzene rings is 1. The Labute approximate surface area is 107 Å². The van der Waals surface area contributed by atoms with Crippen LogP contribution in [0.25, 0.3) is 5.57 Å². The third kappa shape index (κ3) is 0.911. The molecule has 2 bridgehead atoms. The topological polar surface area (TPSA) is 17.1 Å². The Hall–Kier alpha value is -1.37. The highest BCUT2D eigenvalue weighted by molar-refractivity contribution is 6.27. The van der Waals surface area contributed by atoms with Crippen LogP contribution in [0.4, 0.5) is 0 Å². The van der Waals surface area contributed by atoms with Gasteiger partial charge in [0.05, 0.1) is 0 Å². The van der Waals surface area contributed by atoms with Gasteiger partial charge < -0.3 is 0 Å². The van der Waals surface area contributed by atoms with Crippen LogP contribution in [0.5, 0.6) is 0 Å². The summed E-state index contributed by atoms with van der Waals surface area (Å²) in [5.41, 5.74) is 5.29. The van der Waals surface area contributed by atoms with Crippen molar-refractivity contribution in [3.63, 3.8) is 0 Å². The van der Waals surface area contributed by atoms with Crippen molar-refractivity contribution in [3.8, 4) is 0 Å². The number of carbonyl (C=O) groups is 1. The van der Waals surface area contributed by atoms with E-state index in [2.05, 4.69) is 24.3 Å². The van der Waals surface area contributed by atoms with Gasteiger partial charge in [-0.15, -0.1) is 0 Å². The third-order valence-electron chi connectivity index (χ3n) is 5.86. The van der Waals surface area contributed by atoms with Gasteiger partial charge in [0, 0.05) is 11.5 Å². The Morgan fingerprint density at radius 1 is 1.00 bits per heavy atom. The Kier molecular flexibility index (Phi) is 1.57. The molecule has 0 spiro atoms. The van der Waals surface area contributed by atoms with E-state index in [1.54, 1.807) is 0 Å². The van der Waals surface area contributed by atoms with Gasteiger partial charge in [0.25, 0.3) is 0 Å². The van der Waals surface area contributed by atoms with E-state index < -0.39 is 0 Å². The lowest BCUT2D eigenvalue weighted by molar-refractivity contribution is -0.118. The molecule has 4 aliphatic carbocycles. The predicted octanol–water partition coefficient (Wildman–Crippen LogP) is 3.24. The quantitative estimate of drug-likeness (QED) is 0.676. The minimum atomic E-state index is 0.377. The van der Waals surface area contributed by atoms with Crippen molar-refractivity contribution in [3.05, 3.63) is 41.0 Å². The van der Waals surface area contributed by atoms with Crippen molar-refractivity contribution in [2.45, 2.75) is 25.7 Å². The standard InChI is InChI=1S/C17H16O/c18-17-15-11-6-5-10(7-11)14(15)13-8-9-3-1-2-4-12(9)16(13)17/h1-4,10-11,14-15H,5-8H2. The van der Waals surface area contributed by atoms with Gasteiger partial charge in [0.15, 0.2) is 5.78 Å². The minimum absolute atomic E-state index is 0.377. The minimum Gasteiger partial charge on any atom is -0.294 e. The Morgan fingerprint density at radius 3 is 2.67 bits per heavy atom. The number of carbonyl (C=O) groups excluding carboxylic acids is 1. The van der Waals surface area contributed by atoms with Gasteiger partial charge in [0.2, 0.25) is 0 Å². The molecule has 4 atom stereocenters. The summed E-state index contributed by atoms with van der Waals surface area (Å²) in [5.74, 6) is 3.03. The highest BCUT2D eigenvalue weighted by Crippen LogP contribution is 2.62. The van der Waals surface area contributed by atoms with Gasteiger partial charge in [-0.05, 0) is 54.6 Å². The molecule has 0 aromatic heterocycles. The first kappa shape index (κ1) is 9.55. The fourth-order valence-corrected chi connectivity index (χ4v) is 5.30. The maximum Gasteiger partial charge on any atom is 0.167 e. The second-order valence-corrected chi connectivity index (χ2v) is 6.48. The van der Waals surface area contributed by atoms with Crippen LogP contribution in [-0.2, 0) is 11.2 Å². The first-order chi connectivity index (χ1) is 8.84. The molecule has 1 aromatic rings. The van der Waals surface area contributed by atoms with E-state index in [4.69, 9.17) is 0 Å². The zero-order valence-electron chi connectivity index (χ0n) is 10.4. The molecule has 2 saturated carbocycles. The van der Waals surface area contributed by atoms with Crippen LogP contribution in [-0.4, -0.2) is 5.78 Å². The maximum absolute atomic E-state index is 12.8. The number of ketones is 1. The van der Waals surface area contributed by atoms with E-state index in [0.717, 1.165) is 17.9 Å². The van der Waals surface area contributed by atoms with Crippen LogP contribution >= 0.6 is 0 Å². The molecule has 0 heterocycles. The van der Waals surface area contributed by atoms with Crippen molar-refractivity contribution >= 4 is 11.4 Å². The van der Waals surface area contributed by atoms with Crippen molar-refractivity contribution in [1.82, 2.24) is 0 Å². The predicted molar refractivity (Wildman–Crippen MR) is 69.9 cm³/mol. The maximum atomic E-state index is 12.8. The molecule has 1 heteroatoms. The van der Waals surface area contributed by atoms with E-state index in [0.29, 0.717) is 23.5 Å². The Balaban J connectivity index is 1.70. The smallest absolute Gasteiger partial charge is 0.167 e. The van der Waals surface area contributed by atoms with Crippen LogP contribution in [0.1, 0.15) is 30.4 Å². The van der Waals surface area contributed by atoms with Crippen molar-refractivity contribution in [1.29, 1.82) is 0 Å². The number of rotatable bonds is 0. The zero-order chi connectivity index (χ0) is 11.9. The van der Waals surface area contributed by atoms with E-state index in [-0.39, 0.29) is 0 Å². The van der Waals surface area contributed by atoms with Gasteiger partial charge in [-0.3, -0.25) is 4.79 Å². The average molecular weight is 236 g/mol. The van der Waals surface area contributed by atoms with Gasteiger partial charge in [-0.25, -0.2) is 0 Å². The van der Waals surface area contributed by atoms with E-state index in [1.165, 1.54) is 36.0 Å². The summed E-state index contributed by atoms with van der Waals surface area (Å²) in [6.07, 6.45) is 5.06. The lowest BCUT2D eigenvalue weighted by Crippen LogP contribution is -2.25. The summed E-state index contributed by atoms with van der Waals surface area (Å²) in [4.78, 5) is 12.8. The normalized spacial score (nSPS) is 39.2. The highest BCUT2D eigenvalue weighted by Gasteiger charge is 2.57. The Bertz CT molecular complexity index is 610. The lowest BCUT2D eigenvalue weighted by atomic mass is 9.77. The second kappa shape index (κ2) is 2.96. The largest absolute Gasteiger partial charge is 0.294 e. The van der Waals surface area contributed by atoms with Crippen molar-refractivity contribution in [2.24, 2.45) is 23.7 Å². The van der Waals surface area contributed by atoms with Crippen LogP contribution in [0.3, 0.4) is 0 Å². The van der Waals surface area contributed by atoms with Crippen LogP contribution in [0.2, 0.25) is 0 Å². The molecular weight excluding hydrogens is 220 g/mol. The molecule has 18 heavy (non-hydrogen) atoms. The van der Waals surface area contributed by atoms with Crippen LogP contribution < -0.4 is 0 Å². The Morgan fingerprint density at radius 2 is 1.78 bits per heavy atom. The fraction of sp³-hybridized carbons (Fsp3) is 0.471. The van der Waals surface area contributed by atoms with Crippen LogP contribution in [0, 0.1) is 23.7 Å². The summed E-state index contributed by atoms with van der Waals surface area (Å²) in [6, 6.07) is 8.52. The van der Waals surface area contributed by atoms with Gasteiger partial charge in [0.1, 0.15) is 0 Å². The number of fused-ring (bicyclic) bond motifs is 8. The molecule has 0 N–H and O–H groups in total. The molecule has 4 unspecified atom stereocenters. The second-order valence-electron chi connectivity index (χ2n) is 6.48. The number of Topliss-reactive ketones (excluding diaryl/α,β-unsaturated/α-hetero) is 1. The molecular formula is C17H16O. The number of hydrogen-bond acceptors (Lipinski definition) is 1. The summed E-state index contributed by atoms with van der Waals surface area (Å²) >= 11 is 0. The average Bonchev–Trinajstić information content (AvgIpc) is 3.10. The summed E-state index contributed by atoms with van der Waals surface area (Å²) in [7, 11) is 0. The monoisotopic (exact) mass is 236 g/mol. The van der Waals surface area contributed by atoms with Gasteiger partial charge in [-0.2, -0.15) is 0 Å². The number of allylic oxidation sites excluding steroid dienone is 2. The molecule has 1 nitrogen and oxygen atoms in total. The van der Waals surface area contributed by atoms with Gasteiger partial charge in [-0.1, -0.05) is 29.8 Å². The van der Waals surface area contributed by atoms with Crippen LogP contribution in [0.15, 0.2) is 29.8 Å². The lowest BCUT2D eigenvalue weighted by Gasteiger charge is -2.26. The molecule has 0 saturated heterocycles.